The first-order valence-corrected chi connectivity index (χ1v) is 4.89. The van der Waals surface area contributed by atoms with E-state index in [9.17, 15) is 9.59 Å². The van der Waals surface area contributed by atoms with Gasteiger partial charge in [-0.05, 0) is 18.2 Å². The normalized spacial score (nSPS) is 15.4. The molecule has 2 amide bonds. The number of aromatic amines is 1. The predicted octanol–water partition coefficient (Wildman–Crippen LogP) is 1.60. The highest BCUT2D eigenvalue weighted by Gasteiger charge is 2.26. The van der Waals surface area contributed by atoms with E-state index in [2.05, 4.69) is 4.98 Å². The van der Waals surface area contributed by atoms with Crippen molar-refractivity contribution in [1.29, 1.82) is 0 Å². The fourth-order valence-corrected chi connectivity index (χ4v) is 1.90. The zero-order valence-electron chi connectivity index (χ0n) is 8.31. The van der Waals surface area contributed by atoms with Crippen LogP contribution in [-0.4, -0.2) is 16.8 Å². The largest absolute Gasteiger partial charge is 0.361 e. The summed E-state index contributed by atoms with van der Waals surface area (Å²) < 4.78 is 0. The average Bonchev–Trinajstić information content (AvgIpc) is 2.86. The molecular formula is C12H8N2O2. The van der Waals surface area contributed by atoms with Crippen molar-refractivity contribution in [3.8, 4) is 0 Å². The molecule has 0 unspecified atom stereocenters. The first-order chi connectivity index (χ1) is 7.77. The Kier molecular flexibility index (Phi) is 1.71. The van der Waals surface area contributed by atoms with Crippen LogP contribution in [-0.2, 0) is 9.59 Å². The number of aromatic nitrogens is 1. The molecule has 1 aromatic heterocycles. The predicted molar refractivity (Wildman–Crippen MR) is 59.9 cm³/mol. The summed E-state index contributed by atoms with van der Waals surface area (Å²) in [5.74, 6) is -0.586. The van der Waals surface area contributed by atoms with Crippen LogP contribution < -0.4 is 4.90 Å². The van der Waals surface area contributed by atoms with Gasteiger partial charge >= 0.3 is 0 Å². The van der Waals surface area contributed by atoms with Gasteiger partial charge in [0.15, 0.2) is 0 Å². The van der Waals surface area contributed by atoms with Crippen LogP contribution in [0.4, 0.5) is 5.69 Å². The third kappa shape index (κ3) is 1.10. The van der Waals surface area contributed by atoms with Gasteiger partial charge in [0.1, 0.15) is 0 Å². The Bertz CT molecular complexity index is 607. The Balaban J connectivity index is 2.23. The highest BCUT2D eigenvalue weighted by atomic mass is 16.2. The van der Waals surface area contributed by atoms with Crippen molar-refractivity contribution in [1.82, 2.24) is 4.98 Å². The summed E-state index contributed by atoms with van der Waals surface area (Å²) in [6.45, 7) is 0. The summed E-state index contributed by atoms with van der Waals surface area (Å²) in [4.78, 5) is 27.3. The second-order valence-electron chi connectivity index (χ2n) is 3.56. The van der Waals surface area contributed by atoms with E-state index in [-0.39, 0.29) is 11.8 Å². The molecular weight excluding hydrogens is 204 g/mol. The van der Waals surface area contributed by atoms with Crippen LogP contribution in [0.2, 0.25) is 0 Å². The van der Waals surface area contributed by atoms with E-state index in [0.29, 0.717) is 5.69 Å². The summed E-state index contributed by atoms with van der Waals surface area (Å²) in [6, 6.07) is 7.33. The molecule has 2 aromatic rings. The average molecular weight is 212 g/mol. The summed E-state index contributed by atoms with van der Waals surface area (Å²) in [6.07, 6.45) is 4.36. The smallest absolute Gasteiger partial charge is 0.258 e. The maximum Gasteiger partial charge on any atom is 0.258 e. The first kappa shape index (κ1) is 8.91. The van der Waals surface area contributed by atoms with Crippen LogP contribution in [0.1, 0.15) is 0 Å². The molecule has 0 bridgehead atoms. The Morgan fingerprint density at radius 3 is 2.50 bits per heavy atom. The van der Waals surface area contributed by atoms with E-state index >= 15 is 0 Å². The second-order valence-corrected chi connectivity index (χ2v) is 3.56. The third-order valence-electron chi connectivity index (χ3n) is 2.62. The van der Waals surface area contributed by atoms with Crippen molar-refractivity contribution in [3.63, 3.8) is 0 Å². The van der Waals surface area contributed by atoms with Gasteiger partial charge in [-0.1, -0.05) is 6.07 Å². The number of nitrogens with zero attached hydrogens (tertiary/aromatic N) is 1. The lowest BCUT2D eigenvalue weighted by molar-refractivity contribution is -0.119. The molecule has 4 heteroatoms. The molecule has 0 radical (unpaired) electrons. The van der Waals surface area contributed by atoms with Crippen molar-refractivity contribution in [3.05, 3.63) is 42.6 Å². The lowest BCUT2D eigenvalue weighted by Gasteiger charge is -2.14. The van der Waals surface area contributed by atoms with Gasteiger partial charge < -0.3 is 4.98 Å². The minimum Gasteiger partial charge on any atom is -0.361 e. The number of benzene rings is 1. The number of H-pyrrole nitrogens is 1. The molecule has 0 saturated carbocycles. The maximum atomic E-state index is 11.6. The van der Waals surface area contributed by atoms with E-state index in [1.807, 2.05) is 18.2 Å². The number of imide groups is 1. The van der Waals surface area contributed by atoms with Gasteiger partial charge in [0.05, 0.1) is 5.69 Å². The molecule has 78 valence electrons. The van der Waals surface area contributed by atoms with Crippen molar-refractivity contribution in [2.45, 2.75) is 0 Å². The fraction of sp³-hybridized carbons (Fsp3) is 0. The minimum absolute atomic E-state index is 0.293. The van der Waals surface area contributed by atoms with Crippen LogP contribution in [0.5, 0.6) is 0 Å². The zero-order valence-corrected chi connectivity index (χ0v) is 8.31. The van der Waals surface area contributed by atoms with Gasteiger partial charge in [-0.15, -0.1) is 0 Å². The molecule has 3 rings (SSSR count). The van der Waals surface area contributed by atoms with Crippen LogP contribution in [0.15, 0.2) is 42.6 Å². The van der Waals surface area contributed by atoms with Crippen LogP contribution in [0, 0.1) is 0 Å². The summed E-state index contributed by atoms with van der Waals surface area (Å²) in [5, 5.41) is 0.868. The van der Waals surface area contributed by atoms with Crippen LogP contribution in [0.25, 0.3) is 10.9 Å². The van der Waals surface area contributed by atoms with Crippen molar-refractivity contribution >= 4 is 28.4 Å². The molecule has 1 aromatic carbocycles. The van der Waals surface area contributed by atoms with E-state index in [0.717, 1.165) is 10.9 Å². The molecule has 4 nitrogen and oxygen atoms in total. The Hall–Kier alpha value is -2.36. The monoisotopic (exact) mass is 212 g/mol. The van der Waals surface area contributed by atoms with E-state index in [1.54, 1.807) is 12.3 Å². The van der Waals surface area contributed by atoms with Crippen molar-refractivity contribution in [2.75, 3.05) is 4.90 Å². The van der Waals surface area contributed by atoms with Crippen LogP contribution in [0.3, 0.4) is 0 Å². The van der Waals surface area contributed by atoms with Crippen molar-refractivity contribution < 1.29 is 9.59 Å². The number of amides is 2. The first-order valence-electron chi connectivity index (χ1n) is 4.89. The summed E-state index contributed by atoms with van der Waals surface area (Å²) >= 11 is 0. The summed E-state index contributed by atoms with van der Waals surface area (Å²) in [5.41, 5.74) is 1.53. The van der Waals surface area contributed by atoms with E-state index in [4.69, 9.17) is 0 Å². The quantitative estimate of drug-likeness (QED) is 0.730. The Morgan fingerprint density at radius 1 is 1.00 bits per heavy atom. The molecule has 0 spiro atoms. The molecule has 0 fully saturated rings. The third-order valence-corrected chi connectivity index (χ3v) is 2.62. The SMILES string of the molecule is O=C1C=CC(=O)N1c1cccc2[nH]ccc12. The van der Waals surface area contributed by atoms with Gasteiger partial charge in [-0.2, -0.15) is 0 Å². The Labute approximate surface area is 91.2 Å². The molecule has 1 N–H and O–H groups in total. The number of rotatable bonds is 1. The molecule has 1 aliphatic rings. The van der Waals surface area contributed by atoms with Crippen molar-refractivity contribution in [2.24, 2.45) is 0 Å². The maximum absolute atomic E-state index is 11.6. The molecule has 1 aliphatic heterocycles. The van der Waals surface area contributed by atoms with Gasteiger partial charge in [0.25, 0.3) is 11.8 Å². The lowest BCUT2D eigenvalue weighted by atomic mass is 10.2. The van der Waals surface area contributed by atoms with E-state index < -0.39 is 0 Å². The van der Waals surface area contributed by atoms with E-state index in [1.165, 1.54) is 17.1 Å². The number of carbonyl (C=O) groups excluding carboxylic acids is 2. The highest BCUT2D eigenvalue weighted by molar-refractivity contribution is 6.30. The highest BCUT2D eigenvalue weighted by Crippen LogP contribution is 2.28. The Morgan fingerprint density at radius 2 is 1.75 bits per heavy atom. The second kappa shape index (κ2) is 3.06. The minimum atomic E-state index is -0.293. The van der Waals surface area contributed by atoms with Crippen LogP contribution >= 0.6 is 0 Å². The molecule has 0 atom stereocenters. The standard InChI is InChI=1S/C12H8N2O2/c15-11-4-5-12(16)14(11)10-3-1-2-9-8(10)6-7-13-9/h1-7,13H. The molecule has 0 saturated heterocycles. The number of nitrogens with one attached hydrogen (secondary N) is 1. The van der Waals surface area contributed by atoms with Gasteiger partial charge in [0, 0.05) is 29.3 Å². The zero-order chi connectivity index (χ0) is 11.1. The molecule has 2 heterocycles. The fourth-order valence-electron chi connectivity index (χ4n) is 1.90. The number of anilines is 1. The summed E-state index contributed by atoms with van der Waals surface area (Å²) in [7, 11) is 0. The number of carbonyl (C=O) groups is 2. The number of fused-ring (bicyclic) bond motifs is 1. The topological polar surface area (TPSA) is 53.2 Å². The number of hydrogen-bond acceptors (Lipinski definition) is 2. The lowest BCUT2D eigenvalue weighted by Crippen LogP contribution is -2.29. The molecule has 16 heavy (non-hydrogen) atoms. The van der Waals surface area contributed by atoms with Gasteiger partial charge in [-0.3, -0.25) is 9.59 Å². The van der Waals surface area contributed by atoms with Gasteiger partial charge in [-0.25, -0.2) is 4.90 Å². The van der Waals surface area contributed by atoms with Gasteiger partial charge in [0.2, 0.25) is 0 Å². The molecule has 0 aliphatic carbocycles. The number of hydrogen-bond donors (Lipinski definition) is 1.